The first kappa shape index (κ1) is 16.7. The second kappa shape index (κ2) is 8.06. The van der Waals surface area contributed by atoms with Crippen molar-refractivity contribution in [2.24, 2.45) is 5.92 Å². The van der Waals surface area contributed by atoms with Crippen LogP contribution < -0.4 is 10.1 Å². The van der Waals surface area contributed by atoms with Crippen LogP contribution in [0.25, 0.3) is 0 Å². The molecule has 118 valence electrons. The van der Waals surface area contributed by atoms with E-state index in [0.717, 1.165) is 30.9 Å². The molecule has 1 saturated carbocycles. The number of nitrogens with one attached hydrogen (secondary N) is 1. The summed E-state index contributed by atoms with van der Waals surface area (Å²) in [7, 11) is 1.72. The van der Waals surface area contributed by atoms with E-state index in [0.29, 0.717) is 5.92 Å². The Bertz CT molecular complexity index is 441. The third-order valence-corrected chi connectivity index (χ3v) is 5.65. The van der Waals surface area contributed by atoms with Crippen molar-refractivity contribution in [1.82, 2.24) is 5.32 Å². The zero-order valence-electron chi connectivity index (χ0n) is 13.1. The van der Waals surface area contributed by atoms with E-state index in [1.54, 1.807) is 7.11 Å². The normalized spacial score (nSPS) is 25.2. The van der Waals surface area contributed by atoms with Crippen molar-refractivity contribution in [3.63, 3.8) is 0 Å². The Morgan fingerprint density at radius 2 is 2.24 bits per heavy atom. The zero-order chi connectivity index (χ0) is 15.1. The molecule has 1 aromatic rings. The Labute approximate surface area is 132 Å². The van der Waals surface area contributed by atoms with Crippen LogP contribution in [0.3, 0.4) is 0 Å². The average molecular weight is 309 g/mol. The number of methoxy groups -OCH3 is 1. The molecule has 3 nitrogen and oxygen atoms in total. The number of para-hydroxylation sites is 1. The molecule has 1 fully saturated rings. The highest BCUT2D eigenvalue weighted by Gasteiger charge is 2.41. The van der Waals surface area contributed by atoms with E-state index in [4.69, 9.17) is 4.74 Å². The van der Waals surface area contributed by atoms with E-state index in [2.05, 4.69) is 24.4 Å². The standard InChI is InChI=1S/C17H27NO2S/c1-3-18-17(13-19)11-6-7-14(17)10-12-21-16-9-5-4-8-15(16)20-2/h4-5,8-9,14,18-19H,3,6-7,10-13H2,1-2H3. The van der Waals surface area contributed by atoms with Crippen molar-refractivity contribution < 1.29 is 9.84 Å². The van der Waals surface area contributed by atoms with Crippen molar-refractivity contribution in [2.75, 3.05) is 26.0 Å². The molecule has 1 aromatic carbocycles. The van der Waals surface area contributed by atoms with Crippen molar-refractivity contribution >= 4 is 11.8 Å². The van der Waals surface area contributed by atoms with Gasteiger partial charge in [0.2, 0.25) is 0 Å². The predicted molar refractivity (Wildman–Crippen MR) is 89.2 cm³/mol. The molecule has 1 aliphatic rings. The Balaban J connectivity index is 1.90. The second-order valence-corrected chi connectivity index (χ2v) is 6.86. The van der Waals surface area contributed by atoms with Crippen LogP contribution in [0, 0.1) is 5.92 Å². The van der Waals surface area contributed by atoms with Gasteiger partial charge in [-0.1, -0.05) is 25.5 Å². The molecule has 2 unspecified atom stereocenters. The van der Waals surface area contributed by atoms with Crippen LogP contribution in [0.5, 0.6) is 5.75 Å². The van der Waals surface area contributed by atoms with Crippen molar-refractivity contribution in [3.05, 3.63) is 24.3 Å². The lowest BCUT2D eigenvalue weighted by Gasteiger charge is -2.35. The van der Waals surface area contributed by atoms with E-state index in [1.165, 1.54) is 17.7 Å². The minimum atomic E-state index is -0.0456. The summed E-state index contributed by atoms with van der Waals surface area (Å²) < 4.78 is 5.40. The SMILES string of the molecule is CCNC1(CO)CCCC1CCSc1ccccc1OC. The van der Waals surface area contributed by atoms with Crippen LogP contribution in [-0.2, 0) is 0 Å². The lowest BCUT2D eigenvalue weighted by molar-refractivity contribution is 0.124. The zero-order valence-corrected chi connectivity index (χ0v) is 13.9. The topological polar surface area (TPSA) is 41.5 Å². The summed E-state index contributed by atoms with van der Waals surface area (Å²) in [4.78, 5) is 1.20. The van der Waals surface area contributed by atoms with Gasteiger partial charge >= 0.3 is 0 Å². The lowest BCUT2D eigenvalue weighted by atomic mass is 9.86. The van der Waals surface area contributed by atoms with E-state index < -0.39 is 0 Å². The summed E-state index contributed by atoms with van der Waals surface area (Å²) in [5, 5.41) is 13.4. The van der Waals surface area contributed by atoms with Crippen LogP contribution in [-0.4, -0.2) is 36.7 Å². The van der Waals surface area contributed by atoms with Gasteiger partial charge < -0.3 is 15.2 Å². The van der Waals surface area contributed by atoms with Gasteiger partial charge in [-0.05, 0) is 49.6 Å². The number of likely N-dealkylation sites (N-methyl/N-ethyl adjacent to an activating group) is 1. The number of hydrogen-bond acceptors (Lipinski definition) is 4. The Hall–Kier alpha value is -0.710. The van der Waals surface area contributed by atoms with Crippen molar-refractivity contribution in [2.45, 2.75) is 43.0 Å². The van der Waals surface area contributed by atoms with Crippen molar-refractivity contribution in [1.29, 1.82) is 0 Å². The third kappa shape index (κ3) is 3.93. The number of thioether (sulfide) groups is 1. The molecular formula is C17H27NO2S. The molecule has 0 saturated heterocycles. The first-order valence-electron chi connectivity index (χ1n) is 7.87. The van der Waals surface area contributed by atoms with Gasteiger partial charge in [0.05, 0.1) is 13.7 Å². The van der Waals surface area contributed by atoms with Crippen LogP contribution in [0.15, 0.2) is 29.2 Å². The lowest BCUT2D eigenvalue weighted by Crippen LogP contribution is -2.51. The Morgan fingerprint density at radius 3 is 2.95 bits per heavy atom. The predicted octanol–water partition coefficient (Wildman–Crippen LogP) is 3.32. The monoisotopic (exact) mass is 309 g/mol. The molecule has 0 spiro atoms. The maximum absolute atomic E-state index is 9.83. The number of ether oxygens (including phenoxy) is 1. The van der Waals surface area contributed by atoms with Gasteiger partial charge in [-0.2, -0.15) is 0 Å². The van der Waals surface area contributed by atoms with Gasteiger partial charge in [0.15, 0.2) is 0 Å². The first-order valence-corrected chi connectivity index (χ1v) is 8.86. The van der Waals surface area contributed by atoms with Crippen molar-refractivity contribution in [3.8, 4) is 5.75 Å². The molecule has 1 aliphatic carbocycles. The quantitative estimate of drug-likeness (QED) is 0.723. The molecule has 4 heteroatoms. The first-order chi connectivity index (χ1) is 10.3. The summed E-state index contributed by atoms with van der Waals surface area (Å²) in [5.74, 6) is 2.59. The van der Waals surface area contributed by atoms with Crippen LogP contribution in [0.4, 0.5) is 0 Å². The summed E-state index contributed by atoms with van der Waals surface area (Å²) in [5.41, 5.74) is -0.0456. The number of aliphatic hydroxyl groups is 1. The molecule has 0 heterocycles. The minimum absolute atomic E-state index is 0.0456. The van der Waals surface area contributed by atoms with E-state index in [-0.39, 0.29) is 12.1 Å². The molecule has 0 aromatic heterocycles. The largest absolute Gasteiger partial charge is 0.496 e. The second-order valence-electron chi connectivity index (χ2n) is 5.72. The van der Waals surface area contributed by atoms with E-state index >= 15 is 0 Å². The molecule has 2 rings (SSSR count). The van der Waals surface area contributed by atoms with E-state index in [9.17, 15) is 5.11 Å². The maximum atomic E-state index is 9.83. The van der Waals surface area contributed by atoms with Gasteiger partial charge in [-0.3, -0.25) is 0 Å². The molecule has 0 aliphatic heterocycles. The fraction of sp³-hybridized carbons (Fsp3) is 0.647. The average Bonchev–Trinajstić information content (AvgIpc) is 2.91. The van der Waals surface area contributed by atoms with Gasteiger partial charge in [-0.25, -0.2) is 0 Å². The maximum Gasteiger partial charge on any atom is 0.132 e. The summed E-state index contributed by atoms with van der Waals surface area (Å²) in [6, 6.07) is 8.18. The molecule has 21 heavy (non-hydrogen) atoms. The molecule has 2 N–H and O–H groups in total. The molecule has 0 radical (unpaired) electrons. The number of hydrogen-bond donors (Lipinski definition) is 2. The molecule has 0 amide bonds. The summed E-state index contributed by atoms with van der Waals surface area (Å²) in [6.45, 7) is 3.30. The van der Waals surface area contributed by atoms with Gasteiger partial charge in [0.25, 0.3) is 0 Å². The van der Waals surface area contributed by atoms with Gasteiger partial charge in [0.1, 0.15) is 5.75 Å². The van der Waals surface area contributed by atoms with Crippen LogP contribution in [0.2, 0.25) is 0 Å². The Kier molecular flexibility index (Phi) is 6.40. The molecular weight excluding hydrogens is 282 g/mol. The highest BCUT2D eigenvalue weighted by molar-refractivity contribution is 7.99. The van der Waals surface area contributed by atoms with Gasteiger partial charge in [0, 0.05) is 10.4 Å². The number of aliphatic hydroxyl groups excluding tert-OH is 1. The van der Waals surface area contributed by atoms with Crippen LogP contribution in [0.1, 0.15) is 32.6 Å². The molecule has 2 atom stereocenters. The van der Waals surface area contributed by atoms with Gasteiger partial charge in [-0.15, -0.1) is 11.8 Å². The molecule has 0 bridgehead atoms. The summed E-state index contributed by atoms with van der Waals surface area (Å²) >= 11 is 1.85. The fourth-order valence-corrected chi connectivity index (χ4v) is 4.55. The summed E-state index contributed by atoms with van der Waals surface area (Å²) in [6.07, 6.45) is 4.68. The number of rotatable bonds is 8. The minimum Gasteiger partial charge on any atom is -0.496 e. The Morgan fingerprint density at radius 1 is 1.43 bits per heavy atom. The van der Waals surface area contributed by atoms with Crippen LogP contribution >= 0.6 is 11.8 Å². The number of benzene rings is 1. The smallest absolute Gasteiger partial charge is 0.132 e. The fourth-order valence-electron chi connectivity index (χ4n) is 3.46. The third-order valence-electron chi connectivity index (χ3n) is 4.56. The highest BCUT2D eigenvalue weighted by atomic mass is 32.2. The van der Waals surface area contributed by atoms with E-state index in [1.807, 2.05) is 23.9 Å². The highest BCUT2D eigenvalue weighted by Crippen LogP contribution is 2.39.